The SMILES string of the molecule is COC(=O)c1cc[c]c(OC)c1. The van der Waals surface area contributed by atoms with Gasteiger partial charge in [0.05, 0.1) is 19.8 Å². The van der Waals surface area contributed by atoms with E-state index in [1.807, 2.05) is 0 Å². The van der Waals surface area contributed by atoms with Crippen LogP contribution in [0.25, 0.3) is 0 Å². The average Bonchev–Trinajstić information content (AvgIpc) is 2.17. The summed E-state index contributed by atoms with van der Waals surface area (Å²) in [7, 11) is 2.86. The minimum atomic E-state index is -0.373. The predicted octanol–water partition coefficient (Wildman–Crippen LogP) is 1.28. The Morgan fingerprint density at radius 2 is 2.25 bits per heavy atom. The minimum Gasteiger partial charge on any atom is -0.496 e. The fraction of sp³-hybridized carbons (Fsp3) is 0.222. The van der Waals surface area contributed by atoms with Crippen molar-refractivity contribution in [2.45, 2.75) is 0 Å². The number of ether oxygens (including phenoxy) is 2. The number of benzene rings is 1. The highest BCUT2D eigenvalue weighted by Gasteiger charge is 2.04. The summed E-state index contributed by atoms with van der Waals surface area (Å²) in [4.78, 5) is 11.0. The Hall–Kier alpha value is -1.51. The number of rotatable bonds is 2. The number of hydrogen-bond donors (Lipinski definition) is 0. The third-order valence-electron chi connectivity index (χ3n) is 1.42. The molecular formula is C9H9O3. The zero-order chi connectivity index (χ0) is 8.97. The van der Waals surface area contributed by atoms with Gasteiger partial charge in [-0.05, 0) is 18.2 Å². The molecule has 0 amide bonds. The van der Waals surface area contributed by atoms with Gasteiger partial charge in [-0.3, -0.25) is 0 Å². The Labute approximate surface area is 70.9 Å². The summed E-state index contributed by atoms with van der Waals surface area (Å²) in [6, 6.07) is 7.62. The van der Waals surface area contributed by atoms with Crippen LogP contribution >= 0.6 is 0 Å². The monoisotopic (exact) mass is 165 g/mol. The number of esters is 1. The van der Waals surface area contributed by atoms with Gasteiger partial charge in [-0.2, -0.15) is 0 Å². The van der Waals surface area contributed by atoms with Gasteiger partial charge in [-0.1, -0.05) is 0 Å². The second-order valence-corrected chi connectivity index (χ2v) is 2.14. The van der Waals surface area contributed by atoms with Gasteiger partial charge in [0.2, 0.25) is 0 Å². The summed E-state index contributed by atoms with van der Waals surface area (Å²) in [6.45, 7) is 0. The van der Waals surface area contributed by atoms with Crippen molar-refractivity contribution in [1.82, 2.24) is 0 Å². The Kier molecular flexibility index (Phi) is 2.69. The Morgan fingerprint density at radius 3 is 2.83 bits per heavy atom. The molecule has 63 valence electrons. The Balaban J connectivity index is 2.93. The van der Waals surface area contributed by atoms with Crippen LogP contribution in [0, 0.1) is 6.07 Å². The molecule has 12 heavy (non-hydrogen) atoms. The number of carbonyl (C=O) groups excluding carboxylic acids is 1. The van der Waals surface area contributed by atoms with E-state index >= 15 is 0 Å². The van der Waals surface area contributed by atoms with Gasteiger partial charge in [0.15, 0.2) is 0 Å². The van der Waals surface area contributed by atoms with Crippen LogP contribution in [0.5, 0.6) is 5.75 Å². The topological polar surface area (TPSA) is 35.5 Å². The summed E-state index contributed by atoms with van der Waals surface area (Å²) in [5, 5.41) is 0. The maximum atomic E-state index is 11.0. The maximum absolute atomic E-state index is 11.0. The molecule has 1 aromatic rings. The average molecular weight is 165 g/mol. The lowest BCUT2D eigenvalue weighted by Crippen LogP contribution is -2.00. The van der Waals surface area contributed by atoms with Gasteiger partial charge in [-0.15, -0.1) is 0 Å². The minimum absolute atomic E-state index is 0.373. The quantitative estimate of drug-likeness (QED) is 0.619. The van der Waals surface area contributed by atoms with E-state index in [1.165, 1.54) is 14.2 Å². The molecule has 1 aromatic carbocycles. The summed E-state index contributed by atoms with van der Waals surface area (Å²) in [5.74, 6) is 0.153. The lowest BCUT2D eigenvalue weighted by Gasteiger charge is -2.01. The Morgan fingerprint density at radius 1 is 1.50 bits per heavy atom. The van der Waals surface area contributed by atoms with Crippen LogP contribution in [0.1, 0.15) is 10.4 Å². The first-order valence-corrected chi connectivity index (χ1v) is 3.42. The number of carbonyl (C=O) groups is 1. The molecule has 0 N–H and O–H groups in total. The second kappa shape index (κ2) is 3.76. The van der Waals surface area contributed by atoms with Crippen LogP contribution in [0.3, 0.4) is 0 Å². The molecule has 0 saturated heterocycles. The van der Waals surface area contributed by atoms with Crippen LogP contribution in [0.15, 0.2) is 18.2 Å². The van der Waals surface area contributed by atoms with Gasteiger partial charge in [0, 0.05) is 6.07 Å². The lowest BCUT2D eigenvalue weighted by atomic mass is 10.2. The van der Waals surface area contributed by atoms with Gasteiger partial charge < -0.3 is 9.47 Å². The van der Waals surface area contributed by atoms with Gasteiger partial charge in [-0.25, -0.2) is 4.79 Å². The molecule has 0 aliphatic carbocycles. The molecule has 0 spiro atoms. The molecule has 0 unspecified atom stereocenters. The molecule has 0 atom stereocenters. The third kappa shape index (κ3) is 1.75. The second-order valence-electron chi connectivity index (χ2n) is 2.14. The van der Waals surface area contributed by atoms with Crippen molar-refractivity contribution in [3.63, 3.8) is 0 Å². The third-order valence-corrected chi connectivity index (χ3v) is 1.42. The zero-order valence-corrected chi connectivity index (χ0v) is 6.96. The summed E-state index contributed by atoms with van der Waals surface area (Å²) >= 11 is 0. The van der Waals surface area contributed by atoms with Crippen molar-refractivity contribution in [2.24, 2.45) is 0 Å². The van der Waals surface area contributed by atoms with Crippen LogP contribution in [0.4, 0.5) is 0 Å². The Bertz CT molecular complexity index is 281. The fourth-order valence-electron chi connectivity index (χ4n) is 0.807. The standard InChI is InChI=1S/C9H9O3/c1-11-8-5-3-4-7(6-8)9(10)12-2/h3-4,6H,1-2H3. The van der Waals surface area contributed by atoms with Crippen molar-refractivity contribution >= 4 is 5.97 Å². The molecule has 1 rings (SSSR count). The summed E-state index contributed by atoms with van der Waals surface area (Å²) in [5.41, 5.74) is 0.466. The fourth-order valence-corrected chi connectivity index (χ4v) is 0.807. The van der Waals surface area contributed by atoms with Gasteiger partial charge in [0.1, 0.15) is 5.75 Å². The molecular weight excluding hydrogens is 156 g/mol. The highest BCUT2D eigenvalue weighted by atomic mass is 16.5. The molecule has 1 radical (unpaired) electrons. The van der Waals surface area contributed by atoms with Crippen LogP contribution in [-0.2, 0) is 4.74 Å². The van der Waals surface area contributed by atoms with E-state index in [2.05, 4.69) is 10.8 Å². The lowest BCUT2D eigenvalue weighted by molar-refractivity contribution is 0.0600. The highest BCUT2D eigenvalue weighted by molar-refractivity contribution is 5.89. The van der Waals surface area contributed by atoms with E-state index in [0.29, 0.717) is 11.3 Å². The molecule has 0 bridgehead atoms. The highest BCUT2D eigenvalue weighted by Crippen LogP contribution is 2.11. The zero-order valence-electron chi connectivity index (χ0n) is 6.96. The van der Waals surface area contributed by atoms with Crippen molar-refractivity contribution in [2.75, 3.05) is 14.2 Å². The first-order valence-electron chi connectivity index (χ1n) is 3.42. The van der Waals surface area contributed by atoms with Crippen LogP contribution < -0.4 is 4.74 Å². The molecule has 3 heteroatoms. The molecule has 3 nitrogen and oxygen atoms in total. The molecule has 0 aromatic heterocycles. The number of methoxy groups -OCH3 is 2. The van der Waals surface area contributed by atoms with Crippen molar-refractivity contribution < 1.29 is 14.3 Å². The smallest absolute Gasteiger partial charge is 0.337 e. The first kappa shape index (κ1) is 8.59. The van der Waals surface area contributed by atoms with Crippen molar-refractivity contribution in [3.05, 3.63) is 29.8 Å². The van der Waals surface area contributed by atoms with E-state index in [4.69, 9.17) is 4.74 Å². The maximum Gasteiger partial charge on any atom is 0.337 e. The van der Waals surface area contributed by atoms with Crippen LogP contribution in [-0.4, -0.2) is 20.2 Å². The predicted molar refractivity (Wildman–Crippen MR) is 43.2 cm³/mol. The molecule has 0 aliphatic rings. The molecule has 0 aliphatic heterocycles. The normalized spacial score (nSPS) is 9.17. The van der Waals surface area contributed by atoms with Crippen LogP contribution in [0.2, 0.25) is 0 Å². The van der Waals surface area contributed by atoms with Crippen molar-refractivity contribution in [1.29, 1.82) is 0 Å². The first-order chi connectivity index (χ1) is 5.77. The van der Waals surface area contributed by atoms with E-state index < -0.39 is 0 Å². The van der Waals surface area contributed by atoms with E-state index in [-0.39, 0.29) is 5.97 Å². The number of hydrogen-bond acceptors (Lipinski definition) is 3. The molecule has 0 heterocycles. The van der Waals surface area contributed by atoms with Gasteiger partial charge >= 0.3 is 5.97 Å². The largest absolute Gasteiger partial charge is 0.496 e. The van der Waals surface area contributed by atoms with E-state index in [0.717, 1.165) is 0 Å². The molecule has 0 saturated carbocycles. The summed E-state index contributed by atoms with van der Waals surface area (Å²) in [6.07, 6.45) is 0. The van der Waals surface area contributed by atoms with E-state index in [9.17, 15) is 4.79 Å². The van der Waals surface area contributed by atoms with Crippen molar-refractivity contribution in [3.8, 4) is 5.75 Å². The van der Waals surface area contributed by atoms with E-state index in [1.54, 1.807) is 18.2 Å². The van der Waals surface area contributed by atoms with Gasteiger partial charge in [0.25, 0.3) is 0 Å². The molecule has 0 fully saturated rings. The summed E-state index contributed by atoms with van der Waals surface area (Å²) < 4.78 is 9.41.